The first-order valence-electron chi connectivity index (χ1n) is 6.62. The molecule has 96 valence electrons. The van der Waals surface area contributed by atoms with Gasteiger partial charge in [-0.3, -0.25) is 4.79 Å². The van der Waals surface area contributed by atoms with E-state index in [0.717, 1.165) is 31.6 Å². The molecule has 1 aliphatic carbocycles. The molecule has 1 fully saturated rings. The van der Waals surface area contributed by atoms with Crippen LogP contribution in [0.2, 0.25) is 0 Å². The molecule has 1 heterocycles. The number of piperidine rings is 1. The minimum absolute atomic E-state index is 0.184. The fraction of sp³-hybridized carbons (Fsp3) is 0.533. The molecule has 0 unspecified atom stereocenters. The predicted octanol–water partition coefficient (Wildman–Crippen LogP) is 2.20. The van der Waals surface area contributed by atoms with Crippen molar-refractivity contribution >= 4 is 5.91 Å². The third-order valence-electron chi connectivity index (χ3n) is 4.43. The summed E-state index contributed by atoms with van der Waals surface area (Å²) in [6, 6.07) is 6.31. The van der Waals surface area contributed by atoms with Crippen molar-refractivity contribution in [1.29, 1.82) is 0 Å². The van der Waals surface area contributed by atoms with Gasteiger partial charge in [0.2, 0.25) is 5.91 Å². The smallest absolute Gasteiger partial charge is 0.226 e. The molecule has 1 saturated heterocycles. The Balaban J connectivity index is 1.99. The van der Waals surface area contributed by atoms with Crippen LogP contribution in [0.4, 0.5) is 0 Å². The summed E-state index contributed by atoms with van der Waals surface area (Å²) in [5, 5.41) is 0. The Kier molecular flexibility index (Phi) is 2.77. The fourth-order valence-electron chi connectivity index (χ4n) is 3.38. The number of amides is 1. The molecule has 0 aromatic heterocycles. The predicted molar refractivity (Wildman–Crippen MR) is 69.8 cm³/mol. The van der Waals surface area contributed by atoms with Crippen molar-refractivity contribution < 1.29 is 9.53 Å². The summed E-state index contributed by atoms with van der Waals surface area (Å²) in [6.45, 7) is 0.872. The Labute approximate surface area is 108 Å². The van der Waals surface area contributed by atoms with Gasteiger partial charge in [-0.25, -0.2) is 0 Å². The summed E-state index contributed by atoms with van der Waals surface area (Å²) in [5.74, 6) is 1.80. The highest BCUT2D eigenvalue weighted by molar-refractivity contribution is 5.81. The number of hydrogen-bond donors (Lipinski definition) is 0. The minimum atomic E-state index is 0.184. The van der Waals surface area contributed by atoms with Gasteiger partial charge in [0.25, 0.3) is 0 Å². The zero-order chi connectivity index (χ0) is 12.7. The van der Waals surface area contributed by atoms with Crippen LogP contribution >= 0.6 is 0 Å². The normalized spacial score (nSPS) is 26.6. The molecule has 3 heteroatoms. The van der Waals surface area contributed by atoms with Crippen LogP contribution in [-0.4, -0.2) is 31.5 Å². The van der Waals surface area contributed by atoms with Gasteiger partial charge in [-0.15, -0.1) is 0 Å². The highest BCUT2D eigenvalue weighted by Crippen LogP contribution is 2.42. The van der Waals surface area contributed by atoms with E-state index in [1.54, 1.807) is 7.11 Å². The zero-order valence-electron chi connectivity index (χ0n) is 11.0. The Morgan fingerprint density at radius 3 is 2.89 bits per heavy atom. The molecule has 1 amide bonds. The summed E-state index contributed by atoms with van der Waals surface area (Å²) < 4.78 is 5.31. The average Bonchev–Trinajstić information content (AvgIpc) is 2.41. The summed E-state index contributed by atoms with van der Waals surface area (Å²) >= 11 is 0. The lowest BCUT2D eigenvalue weighted by atomic mass is 9.71. The lowest BCUT2D eigenvalue weighted by molar-refractivity contribution is -0.138. The molecule has 3 rings (SSSR count). The number of rotatable bonds is 1. The van der Waals surface area contributed by atoms with E-state index >= 15 is 0 Å². The number of carbonyl (C=O) groups excluding carboxylic acids is 1. The highest BCUT2D eigenvalue weighted by atomic mass is 16.5. The monoisotopic (exact) mass is 245 g/mol. The van der Waals surface area contributed by atoms with Crippen LogP contribution in [0.1, 0.15) is 29.9 Å². The van der Waals surface area contributed by atoms with Crippen LogP contribution in [0, 0.1) is 5.92 Å². The number of benzene rings is 1. The summed E-state index contributed by atoms with van der Waals surface area (Å²) in [4.78, 5) is 14.1. The van der Waals surface area contributed by atoms with E-state index in [0.29, 0.717) is 11.8 Å². The molecular weight excluding hydrogens is 226 g/mol. The van der Waals surface area contributed by atoms with Crippen molar-refractivity contribution in [1.82, 2.24) is 4.90 Å². The average molecular weight is 245 g/mol. The summed E-state index contributed by atoms with van der Waals surface area (Å²) in [5.41, 5.74) is 2.74. The third kappa shape index (κ3) is 1.69. The Morgan fingerprint density at radius 2 is 2.11 bits per heavy atom. The van der Waals surface area contributed by atoms with Crippen LogP contribution in [0.25, 0.3) is 0 Å². The van der Waals surface area contributed by atoms with Crippen molar-refractivity contribution in [3.8, 4) is 5.75 Å². The number of ether oxygens (including phenoxy) is 1. The number of aryl methyl sites for hydroxylation is 1. The SMILES string of the molecule is COc1ccc2c(c1)[C@@H]1CCN(C)C(=O)[C@@H]1CC2. The van der Waals surface area contributed by atoms with Crippen LogP contribution in [0.3, 0.4) is 0 Å². The largest absolute Gasteiger partial charge is 0.497 e. The second-order valence-corrected chi connectivity index (χ2v) is 5.36. The van der Waals surface area contributed by atoms with Gasteiger partial charge in [0.1, 0.15) is 5.75 Å². The first-order chi connectivity index (χ1) is 8.70. The molecule has 0 spiro atoms. The highest BCUT2D eigenvalue weighted by Gasteiger charge is 2.39. The quantitative estimate of drug-likeness (QED) is 0.759. The maximum absolute atomic E-state index is 12.2. The minimum Gasteiger partial charge on any atom is -0.497 e. The van der Waals surface area contributed by atoms with Crippen LogP contribution in [0.5, 0.6) is 5.75 Å². The fourth-order valence-corrected chi connectivity index (χ4v) is 3.38. The van der Waals surface area contributed by atoms with E-state index < -0.39 is 0 Å². The van der Waals surface area contributed by atoms with Gasteiger partial charge in [-0.1, -0.05) is 6.07 Å². The summed E-state index contributed by atoms with van der Waals surface area (Å²) in [6.07, 6.45) is 3.08. The lowest BCUT2D eigenvalue weighted by Crippen LogP contribution is -2.44. The molecule has 18 heavy (non-hydrogen) atoms. The van der Waals surface area contributed by atoms with Crippen molar-refractivity contribution in [2.45, 2.75) is 25.2 Å². The molecule has 2 atom stereocenters. The first kappa shape index (κ1) is 11.6. The van der Waals surface area contributed by atoms with E-state index in [1.807, 2.05) is 18.0 Å². The van der Waals surface area contributed by atoms with E-state index in [1.165, 1.54) is 11.1 Å². The van der Waals surface area contributed by atoms with Gasteiger partial charge in [0.05, 0.1) is 7.11 Å². The van der Waals surface area contributed by atoms with Crippen molar-refractivity contribution in [2.24, 2.45) is 5.92 Å². The molecule has 2 aliphatic rings. The van der Waals surface area contributed by atoms with Gasteiger partial charge in [0, 0.05) is 19.5 Å². The van der Waals surface area contributed by atoms with Gasteiger partial charge in [0.15, 0.2) is 0 Å². The van der Waals surface area contributed by atoms with Crippen LogP contribution in [0.15, 0.2) is 18.2 Å². The van der Waals surface area contributed by atoms with Crippen LogP contribution in [-0.2, 0) is 11.2 Å². The number of fused-ring (bicyclic) bond motifs is 3. The van der Waals surface area contributed by atoms with Gasteiger partial charge in [-0.05, 0) is 48.4 Å². The van der Waals surface area contributed by atoms with Gasteiger partial charge in [-0.2, -0.15) is 0 Å². The topological polar surface area (TPSA) is 29.5 Å². The second kappa shape index (κ2) is 4.30. The number of likely N-dealkylation sites (tertiary alicyclic amines) is 1. The number of nitrogens with zero attached hydrogens (tertiary/aromatic N) is 1. The second-order valence-electron chi connectivity index (χ2n) is 5.36. The molecule has 1 aromatic carbocycles. The molecular formula is C15H19NO2. The van der Waals surface area contributed by atoms with E-state index in [4.69, 9.17) is 4.74 Å². The molecule has 0 N–H and O–H groups in total. The maximum Gasteiger partial charge on any atom is 0.226 e. The Morgan fingerprint density at radius 1 is 1.28 bits per heavy atom. The van der Waals surface area contributed by atoms with Crippen molar-refractivity contribution in [2.75, 3.05) is 20.7 Å². The Hall–Kier alpha value is -1.51. The molecule has 0 bridgehead atoms. The molecule has 0 radical (unpaired) electrons. The number of carbonyl (C=O) groups is 1. The van der Waals surface area contributed by atoms with E-state index in [-0.39, 0.29) is 5.92 Å². The molecule has 1 aliphatic heterocycles. The zero-order valence-corrected chi connectivity index (χ0v) is 11.0. The first-order valence-corrected chi connectivity index (χ1v) is 6.62. The van der Waals surface area contributed by atoms with Crippen molar-refractivity contribution in [3.05, 3.63) is 29.3 Å². The van der Waals surface area contributed by atoms with Gasteiger partial charge >= 0.3 is 0 Å². The number of hydrogen-bond acceptors (Lipinski definition) is 2. The van der Waals surface area contributed by atoms with Gasteiger partial charge < -0.3 is 9.64 Å². The molecule has 3 nitrogen and oxygen atoms in total. The van der Waals surface area contributed by atoms with E-state index in [2.05, 4.69) is 12.1 Å². The number of methoxy groups -OCH3 is 1. The van der Waals surface area contributed by atoms with Crippen molar-refractivity contribution in [3.63, 3.8) is 0 Å². The maximum atomic E-state index is 12.2. The van der Waals surface area contributed by atoms with Crippen LogP contribution < -0.4 is 4.74 Å². The third-order valence-corrected chi connectivity index (χ3v) is 4.43. The summed E-state index contributed by atoms with van der Waals surface area (Å²) in [7, 11) is 3.61. The molecule has 1 aromatic rings. The lowest BCUT2D eigenvalue weighted by Gasteiger charge is -2.40. The molecule has 0 saturated carbocycles. The Bertz CT molecular complexity index is 483. The standard InChI is InChI=1S/C15H19NO2/c1-16-8-7-12-13(15(16)17)6-4-10-3-5-11(18-2)9-14(10)12/h3,5,9,12-13H,4,6-8H2,1-2H3/t12-,13-/m1/s1. The van der Waals surface area contributed by atoms with E-state index in [9.17, 15) is 4.79 Å².